The fraction of sp³-hybridized carbons (Fsp3) is 0.308. The number of thioether (sulfide) groups is 1. The number of aromatic carboxylic acids is 1. The molecule has 0 heterocycles. The summed E-state index contributed by atoms with van der Waals surface area (Å²) in [6, 6.07) is 5.16. The number of rotatable bonds is 5. The first-order valence-corrected chi connectivity index (χ1v) is 6.20. The third-order valence-electron chi connectivity index (χ3n) is 2.04. The van der Waals surface area contributed by atoms with Crippen molar-refractivity contribution >= 4 is 17.7 Å². The predicted molar refractivity (Wildman–Crippen MR) is 68.7 cm³/mol. The van der Waals surface area contributed by atoms with Crippen LogP contribution in [0.2, 0.25) is 0 Å². The van der Waals surface area contributed by atoms with Gasteiger partial charge in [-0.05, 0) is 24.8 Å². The number of terminal acetylenes is 1. The van der Waals surface area contributed by atoms with E-state index >= 15 is 0 Å². The average molecular weight is 250 g/mol. The molecule has 0 saturated heterocycles. The molecule has 0 radical (unpaired) electrons. The van der Waals surface area contributed by atoms with Crippen molar-refractivity contribution in [3.05, 3.63) is 23.8 Å². The van der Waals surface area contributed by atoms with Gasteiger partial charge in [-0.3, -0.25) is 0 Å². The lowest BCUT2D eigenvalue weighted by Crippen LogP contribution is -2.12. The number of benzene rings is 1. The first kappa shape index (κ1) is 13.5. The van der Waals surface area contributed by atoms with E-state index in [2.05, 4.69) is 5.92 Å². The van der Waals surface area contributed by atoms with E-state index in [1.807, 2.05) is 6.92 Å². The molecule has 17 heavy (non-hydrogen) atoms. The van der Waals surface area contributed by atoms with Gasteiger partial charge < -0.3 is 9.84 Å². The lowest BCUT2D eigenvalue weighted by Gasteiger charge is -2.13. The summed E-state index contributed by atoms with van der Waals surface area (Å²) >= 11 is 1.47. The first-order valence-electron chi connectivity index (χ1n) is 5.22. The van der Waals surface area contributed by atoms with Crippen molar-refractivity contribution in [3.63, 3.8) is 0 Å². The summed E-state index contributed by atoms with van der Waals surface area (Å²) < 4.78 is 5.41. The number of carboxylic acids is 1. The molecule has 1 rings (SSSR count). The Morgan fingerprint density at radius 3 is 2.88 bits per heavy atom. The van der Waals surface area contributed by atoms with Crippen molar-refractivity contribution < 1.29 is 14.6 Å². The molecule has 0 spiro atoms. The highest BCUT2D eigenvalue weighted by Gasteiger charge is 2.17. The van der Waals surface area contributed by atoms with E-state index in [9.17, 15) is 9.90 Å². The van der Waals surface area contributed by atoms with Crippen molar-refractivity contribution in [3.8, 4) is 18.1 Å². The molecule has 0 saturated carbocycles. The van der Waals surface area contributed by atoms with Gasteiger partial charge in [0.15, 0.2) is 6.10 Å². The highest BCUT2D eigenvalue weighted by Crippen LogP contribution is 2.30. The molecule has 0 bridgehead atoms. The zero-order valence-corrected chi connectivity index (χ0v) is 10.6. The molecule has 1 aromatic carbocycles. The van der Waals surface area contributed by atoms with Crippen LogP contribution in [-0.4, -0.2) is 22.9 Å². The van der Waals surface area contributed by atoms with Crippen LogP contribution in [0.1, 0.15) is 24.2 Å². The largest absolute Gasteiger partial charge is 0.478 e. The monoisotopic (exact) mass is 250 g/mol. The Morgan fingerprint density at radius 1 is 1.65 bits per heavy atom. The SMILES string of the molecule is C#CC(C)Oc1cccc(SCC)c1C(=O)O. The van der Waals surface area contributed by atoms with E-state index < -0.39 is 12.1 Å². The number of hydrogen-bond donors (Lipinski definition) is 1. The van der Waals surface area contributed by atoms with E-state index in [1.54, 1.807) is 25.1 Å². The normalized spacial score (nSPS) is 11.6. The summed E-state index contributed by atoms with van der Waals surface area (Å²) in [5.41, 5.74) is 0.182. The number of carbonyl (C=O) groups is 1. The van der Waals surface area contributed by atoms with Crippen molar-refractivity contribution in [2.45, 2.75) is 24.8 Å². The maximum Gasteiger partial charge on any atom is 0.340 e. The van der Waals surface area contributed by atoms with Crippen LogP contribution in [0, 0.1) is 12.3 Å². The van der Waals surface area contributed by atoms with Gasteiger partial charge >= 0.3 is 5.97 Å². The van der Waals surface area contributed by atoms with E-state index in [4.69, 9.17) is 11.2 Å². The average Bonchev–Trinajstić information content (AvgIpc) is 2.29. The summed E-state index contributed by atoms with van der Waals surface area (Å²) in [5, 5.41) is 9.21. The Balaban J connectivity index is 3.16. The van der Waals surface area contributed by atoms with Crippen LogP contribution in [0.3, 0.4) is 0 Å². The molecule has 4 heteroatoms. The molecule has 0 aliphatic rings. The molecule has 0 fully saturated rings. The second kappa shape index (κ2) is 6.21. The third-order valence-corrected chi connectivity index (χ3v) is 2.98. The van der Waals surface area contributed by atoms with Crippen LogP contribution in [0.15, 0.2) is 23.1 Å². The molecule has 1 N–H and O–H groups in total. The van der Waals surface area contributed by atoms with E-state index in [-0.39, 0.29) is 5.56 Å². The first-order chi connectivity index (χ1) is 8.10. The van der Waals surface area contributed by atoms with Gasteiger partial charge in [0, 0.05) is 4.90 Å². The van der Waals surface area contributed by atoms with E-state index in [1.165, 1.54) is 11.8 Å². The smallest absolute Gasteiger partial charge is 0.340 e. The zero-order valence-electron chi connectivity index (χ0n) is 9.77. The lowest BCUT2D eigenvalue weighted by atomic mass is 10.2. The fourth-order valence-corrected chi connectivity index (χ4v) is 2.14. The van der Waals surface area contributed by atoms with Crippen LogP contribution in [-0.2, 0) is 0 Å². The Hall–Kier alpha value is -1.60. The van der Waals surface area contributed by atoms with Gasteiger partial charge in [-0.1, -0.05) is 18.9 Å². The quantitative estimate of drug-likeness (QED) is 0.644. The van der Waals surface area contributed by atoms with Gasteiger partial charge in [0.25, 0.3) is 0 Å². The number of carboxylic acid groups (broad SMARTS) is 1. The van der Waals surface area contributed by atoms with E-state index in [0.717, 1.165) is 5.75 Å². The molecule has 1 atom stereocenters. The van der Waals surface area contributed by atoms with Crippen LogP contribution >= 0.6 is 11.8 Å². The van der Waals surface area contributed by atoms with Crippen LogP contribution in [0.25, 0.3) is 0 Å². The molecule has 1 aromatic rings. The molecule has 0 aliphatic heterocycles. The van der Waals surface area contributed by atoms with Gasteiger partial charge in [-0.2, -0.15) is 0 Å². The van der Waals surface area contributed by atoms with Crippen LogP contribution in [0.5, 0.6) is 5.75 Å². The van der Waals surface area contributed by atoms with Crippen molar-refractivity contribution in [2.75, 3.05) is 5.75 Å². The Labute approximate surface area is 105 Å². The highest BCUT2D eigenvalue weighted by molar-refractivity contribution is 7.99. The van der Waals surface area contributed by atoms with Gasteiger partial charge in [0.05, 0.1) is 0 Å². The molecular weight excluding hydrogens is 236 g/mol. The Morgan fingerprint density at radius 2 is 2.35 bits per heavy atom. The summed E-state index contributed by atoms with van der Waals surface area (Å²) in [7, 11) is 0. The molecule has 0 aliphatic carbocycles. The number of ether oxygens (including phenoxy) is 1. The highest BCUT2D eigenvalue weighted by atomic mass is 32.2. The summed E-state index contributed by atoms with van der Waals surface area (Å²) in [6.45, 7) is 3.67. The molecule has 90 valence electrons. The maximum atomic E-state index is 11.2. The standard InChI is InChI=1S/C13H14O3S/c1-4-9(3)16-10-7-6-8-11(17-5-2)12(10)13(14)15/h1,6-9H,5H2,2-3H3,(H,14,15). The topological polar surface area (TPSA) is 46.5 Å². The second-order valence-electron chi connectivity index (χ2n) is 3.29. The molecule has 0 amide bonds. The number of hydrogen-bond acceptors (Lipinski definition) is 3. The van der Waals surface area contributed by atoms with E-state index in [0.29, 0.717) is 10.6 Å². The van der Waals surface area contributed by atoms with Gasteiger partial charge in [0.1, 0.15) is 11.3 Å². The maximum absolute atomic E-state index is 11.2. The Kier molecular flexibility index (Phi) is 4.92. The summed E-state index contributed by atoms with van der Waals surface area (Å²) in [4.78, 5) is 11.9. The minimum Gasteiger partial charge on any atom is -0.478 e. The molecular formula is C13H14O3S. The second-order valence-corrected chi connectivity index (χ2v) is 4.60. The van der Waals surface area contributed by atoms with Crippen LogP contribution in [0.4, 0.5) is 0 Å². The van der Waals surface area contributed by atoms with Crippen molar-refractivity contribution in [2.24, 2.45) is 0 Å². The summed E-state index contributed by atoms with van der Waals surface area (Å²) in [5.74, 6) is 2.53. The van der Waals surface area contributed by atoms with Gasteiger partial charge in [-0.15, -0.1) is 18.2 Å². The minimum absolute atomic E-state index is 0.182. The molecule has 1 unspecified atom stereocenters. The zero-order chi connectivity index (χ0) is 12.8. The predicted octanol–water partition coefficient (Wildman–Crippen LogP) is 2.90. The van der Waals surface area contributed by atoms with Crippen LogP contribution < -0.4 is 4.74 Å². The van der Waals surface area contributed by atoms with Crippen molar-refractivity contribution in [1.82, 2.24) is 0 Å². The Bertz CT molecular complexity index is 448. The third kappa shape index (κ3) is 3.43. The fourth-order valence-electron chi connectivity index (χ4n) is 1.32. The molecule has 0 aromatic heterocycles. The van der Waals surface area contributed by atoms with Crippen molar-refractivity contribution in [1.29, 1.82) is 0 Å². The van der Waals surface area contributed by atoms with Gasteiger partial charge in [-0.25, -0.2) is 4.79 Å². The van der Waals surface area contributed by atoms with Gasteiger partial charge in [0.2, 0.25) is 0 Å². The lowest BCUT2D eigenvalue weighted by molar-refractivity contribution is 0.0687. The molecule has 3 nitrogen and oxygen atoms in total. The minimum atomic E-state index is -0.999. The summed E-state index contributed by atoms with van der Waals surface area (Å²) in [6.07, 6.45) is 4.77.